The minimum atomic E-state index is -1.61. The second kappa shape index (κ2) is 15.8. The zero-order valence-corrected chi connectivity index (χ0v) is 22.1. The highest BCUT2D eigenvalue weighted by atomic mass is 16.6. The van der Waals surface area contributed by atoms with Gasteiger partial charge in [-0.05, 0) is 34.1 Å². The molecule has 0 radical (unpaired) electrons. The molecule has 0 aliphatic heterocycles. The zero-order valence-electron chi connectivity index (χ0n) is 22.1. The Morgan fingerprint density at radius 2 is 1.74 bits per heavy atom. The van der Waals surface area contributed by atoms with E-state index in [-0.39, 0.29) is 12.8 Å². The highest BCUT2D eigenvalue weighted by molar-refractivity contribution is 6.36. The van der Waals surface area contributed by atoms with Crippen LogP contribution in [0.2, 0.25) is 0 Å². The molecule has 0 saturated carbocycles. The number of ketones is 1. The minimum absolute atomic E-state index is 0.267. The number of likely N-dealkylation sites (N-methyl/N-ethyl adjacent to an activating group) is 1. The lowest BCUT2D eigenvalue weighted by Gasteiger charge is -2.32. The summed E-state index contributed by atoms with van der Waals surface area (Å²) in [5.74, 6) is -3.03. The molecule has 212 valence electrons. The highest BCUT2D eigenvalue weighted by Gasteiger charge is 2.35. The molecule has 6 amide bonds. The van der Waals surface area contributed by atoms with Crippen molar-refractivity contribution in [3.63, 3.8) is 0 Å². The van der Waals surface area contributed by atoms with Crippen LogP contribution in [0.5, 0.6) is 0 Å². The number of ether oxygens (including phenoxy) is 1. The van der Waals surface area contributed by atoms with Gasteiger partial charge in [0.25, 0.3) is 5.91 Å². The standard InChI is InChI=1S/C23H36N6O9/c1-7-14(30)11-29(12-17(24)32)21(36)23(4,5)28-18(33)10-26-19(34)15(27-22(37)38-13(2)3)8-9-16(31)20(35)25-6/h1,13-15,30H,8-12H2,2-6H3,(H2,24,32)(H,25,35)(H,26,34)(H,27,37)(H,28,33)/t14-,15+/m1/s1. The number of nitrogens with two attached hydrogens (primary N) is 1. The number of nitrogens with zero attached hydrogens (tertiary/aromatic N) is 1. The van der Waals surface area contributed by atoms with Crippen LogP contribution in [0.15, 0.2) is 0 Å². The molecule has 0 aliphatic carbocycles. The second-order valence-electron chi connectivity index (χ2n) is 8.92. The molecule has 0 unspecified atom stereocenters. The smallest absolute Gasteiger partial charge is 0.408 e. The predicted molar refractivity (Wildman–Crippen MR) is 133 cm³/mol. The van der Waals surface area contributed by atoms with Gasteiger partial charge < -0.3 is 41.7 Å². The van der Waals surface area contributed by atoms with Crippen LogP contribution in [-0.2, 0) is 33.5 Å². The lowest BCUT2D eigenvalue weighted by atomic mass is 10.0. The van der Waals surface area contributed by atoms with Crippen molar-refractivity contribution >= 4 is 41.4 Å². The van der Waals surface area contributed by atoms with E-state index in [4.69, 9.17) is 16.9 Å². The first-order valence-electron chi connectivity index (χ1n) is 11.6. The molecule has 0 heterocycles. The summed E-state index contributed by atoms with van der Waals surface area (Å²) in [6.07, 6.45) is 1.62. The van der Waals surface area contributed by atoms with E-state index in [0.29, 0.717) is 0 Å². The molecule has 0 aromatic rings. The lowest BCUT2D eigenvalue weighted by Crippen LogP contribution is -2.59. The summed E-state index contributed by atoms with van der Waals surface area (Å²) in [7, 11) is 1.26. The van der Waals surface area contributed by atoms with Crippen LogP contribution in [0.4, 0.5) is 4.79 Å². The fraction of sp³-hybridized carbons (Fsp3) is 0.609. The van der Waals surface area contributed by atoms with E-state index in [0.717, 1.165) is 4.90 Å². The molecule has 0 bridgehead atoms. The number of terminal acetylenes is 1. The van der Waals surface area contributed by atoms with Gasteiger partial charge in [0, 0.05) is 13.5 Å². The third-order valence-electron chi connectivity index (χ3n) is 4.72. The molecule has 15 heteroatoms. The lowest BCUT2D eigenvalue weighted by molar-refractivity contribution is -0.143. The second-order valence-corrected chi connectivity index (χ2v) is 8.92. The summed E-state index contributed by atoms with van der Waals surface area (Å²) in [6.45, 7) is 4.18. The number of aliphatic hydroxyl groups is 1. The number of aliphatic hydroxyl groups excluding tert-OH is 1. The molecule has 0 aliphatic rings. The van der Waals surface area contributed by atoms with Crippen molar-refractivity contribution in [2.75, 3.05) is 26.7 Å². The van der Waals surface area contributed by atoms with Gasteiger partial charge in [-0.2, -0.15) is 0 Å². The first-order valence-corrected chi connectivity index (χ1v) is 11.6. The van der Waals surface area contributed by atoms with Crippen LogP contribution in [0, 0.1) is 12.3 Å². The number of amides is 6. The van der Waals surface area contributed by atoms with E-state index in [9.17, 15) is 38.7 Å². The third-order valence-corrected chi connectivity index (χ3v) is 4.72. The molecule has 7 N–H and O–H groups in total. The number of Topliss-reactive ketones (excluding diaryl/α,β-unsaturated/α-hetero) is 1. The Hall–Kier alpha value is -4.19. The first-order chi connectivity index (χ1) is 17.5. The quantitative estimate of drug-likeness (QED) is 0.0912. The molecular formula is C23H36N6O9. The van der Waals surface area contributed by atoms with Crippen molar-refractivity contribution in [3.8, 4) is 12.3 Å². The van der Waals surface area contributed by atoms with Crippen molar-refractivity contribution < 1.29 is 43.4 Å². The van der Waals surface area contributed by atoms with E-state index >= 15 is 0 Å². The maximum Gasteiger partial charge on any atom is 0.408 e. The van der Waals surface area contributed by atoms with E-state index in [2.05, 4.69) is 21.3 Å². The Bertz CT molecular complexity index is 958. The number of carbonyl (C=O) groups is 7. The van der Waals surface area contributed by atoms with E-state index in [1.165, 1.54) is 20.9 Å². The summed E-state index contributed by atoms with van der Waals surface area (Å²) in [4.78, 5) is 85.5. The normalized spacial score (nSPS) is 12.3. The van der Waals surface area contributed by atoms with Gasteiger partial charge in [-0.15, -0.1) is 6.42 Å². The number of nitrogens with one attached hydrogen (secondary N) is 4. The topological polar surface area (TPSA) is 226 Å². The fourth-order valence-corrected chi connectivity index (χ4v) is 2.99. The number of alkyl carbamates (subject to hydrolysis) is 1. The first kappa shape index (κ1) is 33.8. The molecule has 0 saturated heterocycles. The van der Waals surface area contributed by atoms with Gasteiger partial charge in [-0.1, -0.05) is 5.92 Å². The summed E-state index contributed by atoms with van der Waals surface area (Å²) >= 11 is 0. The maximum atomic E-state index is 12.9. The fourth-order valence-electron chi connectivity index (χ4n) is 2.99. The van der Waals surface area contributed by atoms with Gasteiger partial charge in [0.2, 0.25) is 29.4 Å². The predicted octanol–water partition coefficient (Wildman–Crippen LogP) is -3.10. The van der Waals surface area contributed by atoms with E-state index in [1.807, 2.05) is 5.92 Å². The Kier molecular flexibility index (Phi) is 14.1. The van der Waals surface area contributed by atoms with Crippen molar-refractivity contribution in [2.24, 2.45) is 5.73 Å². The van der Waals surface area contributed by atoms with Crippen LogP contribution < -0.4 is 27.0 Å². The number of carbonyl (C=O) groups excluding carboxylic acids is 7. The van der Waals surface area contributed by atoms with E-state index < -0.39 is 84.8 Å². The van der Waals surface area contributed by atoms with Crippen molar-refractivity contribution in [1.82, 2.24) is 26.2 Å². The molecule has 15 nitrogen and oxygen atoms in total. The average molecular weight is 541 g/mol. The molecule has 0 aromatic carbocycles. The molecule has 38 heavy (non-hydrogen) atoms. The van der Waals surface area contributed by atoms with Crippen molar-refractivity contribution in [2.45, 2.75) is 64.3 Å². The van der Waals surface area contributed by atoms with Crippen LogP contribution in [-0.4, -0.2) is 102 Å². The van der Waals surface area contributed by atoms with Gasteiger partial charge in [-0.25, -0.2) is 4.79 Å². The van der Waals surface area contributed by atoms with Gasteiger partial charge in [0.15, 0.2) is 0 Å². The summed E-state index contributed by atoms with van der Waals surface area (Å²) in [6, 6.07) is -1.33. The average Bonchev–Trinajstić information content (AvgIpc) is 2.82. The Morgan fingerprint density at radius 3 is 2.24 bits per heavy atom. The van der Waals surface area contributed by atoms with E-state index in [1.54, 1.807) is 13.8 Å². The number of hydrogen-bond donors (Lipinski definition) is 6. The Morgan fingerprint density at radius 1 is 1.13 bits per heavy atom. The number of primary amides is 1. The van der Waals surface area contributed by atoms with Crippen LogP contribution in [0.25, 0.3) is 0 Å². The molecule has 0 spiro atoms. The largest absolute Gasteiger partial charge is 0.447 e. The van der Waals surface area contributed by atoms with Crippen molar-refractivity contribution in [3.05, 3.63) is 0 Å². The minimum Gasteiger partial charge on any atom is -0.447 e. The highest BCUT2D eigenvalue weighted by Crippen LogP contribution is 2.09. The summed E-state index contributed by atoms with van der Waals surface area (Å²) in [5.41, 5.74) is 3.54. The molecular weight excluding hydrogens is 504 g/mol. The monoisotopic (exact) mass is 540 g/mol. The summed E-state index contributed by atoms with van der Waals surface area (Å²) in [5, 5.41) is 18.8. The van der Waals surface area contributed by atoms with Crippen molar-refractivity contribution in [1.29, 1.82) is 0 Å². The van der Waals surface area contributed by atoms with Gasteiger partial charge in [-0.3, -0.25) is 28.8 Å². The van der Waals surface area contributed by atoms with Crippen LogP contribution in [0.1, 0.15) is 40.5 Å². The van der Waals surface area contributed by atoms with Gasteiger partial charge in [0.05, 0.1) is 25.7 Å². The SMILES string of the molecule is C#C[C@@H](O)CN(CC(N)=O)C(=O)C(C)(C)NC(=O)CNC(=O)[C@H](CCC(=O)C(=O)NC)NC(=O)OC(C)C. The number of hydrogen-bond acceptors (Lipinski definition) is 9. The molecule has 0 rings (SSSR count). The van der Waals surface area contributed by atoms with Gasteiger partial charge in [0.1, 0.15) is 17.7 Å². The Balaban J connectivity index is 5.32. The maximum absolute atomic E-state index is 12.9. The zero-order chi connectivity index (χ0) is 29.6. The number of rotatable bonds is 15. The molecule has 0 aromatic heterocycles. The third kappa shape index (κ3) is 12.7. The van der Waals surface area contributed by atoms with Crippen LogP contribution >= 0.6 is 0 Å². The van der Waals surface area contributed by atoms with Gasteiger partial charge >= 0.3 is 6.09 Å². The Labute approximate surface area is 220 Å². The molecule has 0 fully saturated rings. The van der Waals surface area contributed by atoms with Crippen LogP contribution in [0.3, 0.4) is 0 Å². The molecule has 2 atom stereocenters. The summed E-state index contributed by atoms with van der Waals surface area (Å²) < 4.78 is 4.93.